The molecule has 1 heterocycles. The number of carbonyl (C=O) groups excluding carboxylic acids is 1. The number of rotatable bonds is 1. The van der Waals surface area contributed by atoms with Crippen molar-refractivity contribution in [2.75, 3.05) is 0 Å². The molecule has 0 spiro atoms. The number of ketones is 1. The van der Waals surface area contributed by atoms with Gasteiger partial charge in [0.1, 0.15) is 5.78 Å². The van der Waals surface area contributed by atoms with E-state index in [1.54, 1.807) is 11.8 Å². The van der Waals surface area contributed by atoms with Crippen LogP contribution < -0.4 is 0 Å². The molecule has 3 atom stereocenters. The molecule has 0 saturated heterocycles. The largest absolute Gasteiger partial charge is 0.299 e. The van der Waals surface area contributed by atoms with Crippen molar-refractivity contribution in [2.24, 2.45) is 5.92 Å². The summed E-state index contributed by atoms with van der Waals surface area (Å²) in [5, 5.41) is 12.0. The molecule has 21 heavy (non-hydrogen) atoms. The summed E-state index contributed by atoms with van der Waals surface area (Å²) >= 11 is 1.64. The highest BCUT2D eigenvalue weighted by atomic mass is 32.2. The standard InChI is InChI=1S/C16H15NO3S/c18-12-5-3-9-16(17(19)20)11(12)7-8-14-15(16)10-4-1-2-6-13(10)21-14/h1-2,4,6,8,11,15H,3,5,7,9H2/t11-,15+,16-/m1/s1. The Kier molecular flexibility index (Phi) is 2.76. The Morgan fingerprint density at radius 1 is 1.33 bits per heavy atom. The lowest BCUT2D eigenvalue weighted by molar-refractivity contribution is -0.584. The van der Waals surface area contributed by atoms with E-state index in [0.29, 0.717) is 25.7 Å². The molecule has 4 nitrogen and oxygen atoms in total. The molecule has 1 fully saturated rings. The van der Waals surface area contributed by atoms with Crippen molar-refractivity contribution < 1.29 is 9.72 Å². The summed E-state index contributed by atoms with van der Waals surface area (Å²) in [6.45, 7) is 0. The van der Waals surface area contributed by atoms with Crippen molar-refractivity contribution in [2.45, 2.75) is 42.0 Å². The van der Waals surface area contributed by atoms with Gasteiger partial charge in [-0.2, -0.15) is 0 Å². The Morgan fingerprint density at radius 3 is 2.95 bits per heavy atom. The Bertz CT molecular complexity index is 684. The maximum absolute atomic E-state index is 12.3. The Balaban J connectivity index is 1.94. The monoisotopic (exact) mass is 301 g/mol. The van der Waals surface area contributed by atoms with Gasteiger partial charge >= 0.3 is 0 Å². The molecule has 5 heteroatoms. The molecule has 108 valence electrons. The van der Waals surface area contributed by atoms with Crippen molar-refractivity contribution in [3.05, 3.63) is 50.9 Å². The minimum atomic E-state index is -1.13. The van der Waals surface area contributed by atoms with Crippen LogP contribution in [0, 0.1) is 16.0 Å². The molecule has 0 radical (unpaired) electrons. The Morgan fingerprint density at radius 2 is 2.14 bits per heavy atom. The molecule has 0 aromatic heterocycles. The SMILES string of the molecule is O=C1CCC[C@@]2([N+](=O)[O-])[C@@H]1CC=C1Sc3ccccc3[C@@H]12. The summed E-state index contributed by atoms with van der Waals surface area (Å²) in [6.07, 6.45) is 4.21. The minimum Gasteiger partial charge on any atom is -0.299 e. The van der Waals surface area contributed by atoms with Crippen molar-refractivity contribution in [1.29, 1.82) is 0 Å². The van der Waals surface area contributed by atoms with Crippen LogP contribution in [0.1, 0.15) is 37.2 Å². The minimum absolute atomic E-state index is 0.0719. The lowest BCUT2D eigenvalue weighted by atomic mass is 9.60. The van der Waals surface area contributed by atoms with Crippen LogP contribution in [0.2, 0.25) is 0 Å². The number of hydrogen-bond donors (Lipinski definition) is 0. The molecule has 0 bridgehead atoms. The van der Waals surface area contributed by atoms with Gasteiger partial charge in [0.25, 0.3) is 0 Å². The molecule has 0 N–H and O–H groups in total. The van der Waals surface area contributed by atoms with E-state index in [4.69, 9.17) is 0 Å². The topological polar surface area (TPSA) is 60.2 Å². The van der Waals surface area contributed by atoms with Gasteiger partial charge in [-0.1, -0.05) is 36.0 Å². The molecule has 4 rings (SSSR count). The number of carbonyl (C=O) groups is 1. The fraction of sp³-hybridized carbons (Fsp3) is 0.438. The maximum atomic E-state index is 12.3. The molecule has 1 aliphatic heterocycles. The number of nitro groups is 1. The van der Waals surface area contributed by atoms with Gasteiger partial charge in [0.05, 0.1) is 11.8 Å². The van der Waals surface area contributed by atoms with Crippen LogP contribution >= 0.6 is 11.8 Å². The Labute approximate surface area is 126 Å². The average molecular weight is 301 g/mol. The third-order valence-corrected chi connectivity index (χ3v) is 6.36. The molecule has 1 saturated carbocycles. The van der Waals surface area contributed by atoms with Crippen LogP contribution in [-0.2, 0) is 4.79 Å². The van der Waals surface area contributed by atoms with Crippen LogP contribution in [0.15, 0.2) is 40.1 Å². The van der Waals surface area contributed by atoms with Gasteiger partial charge in [0.15, 0.2) is 0 Å². The van der Waals surface area contributed by atoms with Crippen LogP contribution in [0.5, 0.6) is 0 Å². The Hall–Kier alpha value is -1.62. The molecular weight excluding hydrogens is 286 g/mol. The third kappa shape index (κ3) is 1.61. The van der Waals surface area contributed by atoms with Gasteiger partial charge in [0.2, 0.25) is 5.54 Å². The van der Waals surface area contributed by atoms with Crippen molar-refractivity contribution in [3.8, 4) is 0 Å². The van der Waals surface area contributed by atoms with Gasteiger partial charge in [-0.15, -0.1) is 0 Å². The molecule has 1 aromatic carbocycles. The number of nitrogens with zero attached hydrogens (tertiary/aromatic N) is 1. The van der Waals surface area contributed by atoms with Crippen LogP contribution in [-0.4, -0.2) is 16.2 Å². The smallest absolute Gasteiger partial charge is 0.243 e. The van der Waals surface area contributed by atoms with Crippen LogP contribution in [0.4, 0.5) is 0 Å². The second-order valence-corrected chi connectivity index (χ2v) is 7.15. The van der Waals surface area contributed by atoms with Gasteiger partial charge in [0, 0.05) is 27.6 Å². The number of allylic oxidation sites excluding steroid dienone is 1. The third-order valence-electron chi connectivity index (χ3n) is 5.13. The van der Waals surface area contributed by atoms with E-state index in [0.717, 1.165) is 15.4 Å². The summed E-state index contributed by atoms with van der Waals surface area (Å²) < 4.78 is 0. The highest BCUT2D eigenvalue weighted by Crippen LogP contribution is 2.61. The summed E-state index contributed by atoms with van der Waals surface area (Å²) in [7, 11) is 0. The highest BCUT2D eigenvalue weighted by Gasteiger charge is 2.64. The summed E-state index contributed by atoms with van der Waals surface area (Å²) in [5.41, 5.74) is -0.0937. The lowest BCUT2D eigenvalue weighted by Gasteiger charge is -2.42. The molecule has 0 unspecified atom stereocenters. The van der Waals surface area contributed by atoms with Crippen molar-refractivity contribution >= 4 is 17.5 Å². The normalized spacial score (nSPS) is 33.7. The van der Waals surface area contributed by atoms with Crippen molar-refractivity contribution in [1.82, 2.24) is 0 Å². The van der Waals surface area contributed by atoms with E-state index in [2.05, 4.69) is 6.08 Å². The zero-order chi connectivity index (χ0) is 14.6. The van der Waals surface area contributed by atoms with Gasteiger partial charge < -0.3 is 0 Å². The molecule has 3 aliphatic rings. The summed E-state index contributed by atoms with van der Waals surface area (Å²) in [4.78, 5) is 26.4. The first-order valence-electron chi connectivity index (χ1n) is 7.28. The summed E-state index contributed by atoms with van der Waals surface area (Å²) in [6, 6.07) is 7.91. The number of Topliss-reactive ketones (excluding diaryl/α,β-unsaturated/α-hetero) is 1. The number of fused-ring (bicyclic) bond motifs is 5. The van der Waals surface area contributed by atoms with E-state index >= 15 is 0 Å². The summed E-state index contributed by atoms with van der Waals surface area (Å²) in [5.74, 6) is -0.624. The lowest BCUT2D eigenvalue weighted by Crippen LogP contribution is -2.56. The zero-order valence-corrected chi connectivity index (χ0v) is 12.3. The van der Waals surface area contributed by atoms with E-state index in [1.165, 1.54) is 0 Å². The van der Waals surface area contributed by atoms with E-state index in [-0.39, 0.29) is 16.6 Å². The fourth-order valence-electron chi connectivity index (χ4n) is 4.24. The first-order chi connectivity index (χ1) is 10.1. The highest BCUT2D eigenvalue weighted by molar-refractivity contribution is 8.03. The van der Waals surface area contributed by atoms with Crippen LogP contribution in [0.25, 0.3) is 0 Å². The predicted octanol–water partition coefficient (Wildman–Crippen LogP) is 3.55. The van der Waals surface area contributed by atoms with Gasteiger partial charge in [-0.05, 0) is 24.5 Å². The number of benzene rings is 1. The predicted molar refractivity (Wildman–Crippen MR) is 79.8 cm³/mol. The van der Waals surface area contributed by atoms with Crippen molar-refractivity contribution in [3.63, 3.8) is 0 Å². The van der Waals surface area contributed by atoms with E-state index in [1.807, 2.05) is 24.3 Å². The average Bonchev–Trinajstić information content (AvgIpc) is 2.86. The second kappa shape index (κ2) is 4.44. The zero-order valence-electron chi connectivity index (χ0n) is 11.5. The quantitative estimate of drug-likeness (QED) is 0.588. The second-order valence-electron chi connectivity index (χ2n) is 6.04. The van der Waals surface area contributed by atoms with E-state index < -0.39 is 11.5 Å². The molecule has 2 aliphatic carbocycles. The maximum Gasteiger partial charge on any atom is 0.243 e. The van der Waals surface area contributed by atoms with Gasteiger partial charge in [-0.3, -0.25) is 14.9 Å². The molecule has 1 aromatic rings. The first-order valence-corrected chi connectivity index (χ1v) is 8.10. The van der Waals surface area contributed by atoms with Crippen LogP contribution in [0.3, 0.4) is 0 Å². The molecule has 0 amide bonds. The molecular formula is C16H15NO3S. The number of hydrogen-bond acceptors (Lipinski definition) is 4. The number of thioether (sulfide) groups is 1. The van der Waals surface area contributed by atoms with Gasteiger partial charge in [-0.25, -0.2) is 0 Å². The fourth-order valence-corrected chi connectivity index (χ4v) is 5.57. The first kappa shape index (κ1) is 13.1. The van der Waals surface area contributed by atoms with E-state index in [9.17, 15) is 14.9 Å².